The molecule has 1 N–H and O–H groups in total. The molecule has 5 rings (SSSR count). The van der Waals surface area contributed by atoms with Crippen LogP contribution >= 0.6 is 11.8 Å². The van der Waals surface area contributed by atoms with Crippen molar-refractivity contribution in [2.24, 2.45) is 28.6 Å². The predicted octanol–water partition coefficient (Wildman–Crippen LogP) is 4.64. The number of rotatable bonds is 1. The average molecular weight is 419 g/mol. The Morgan fingerprint density at radius 2 is 1.86 bits per heavy atom. The molecule has 0 radical (unpaired) electrons. The van der Waals surface area contributed by atoms with Crippen molar-refractivity contribution in [1.82, 2.24) is 0 Å². The normalized spacial score (nSPS) is 51.4. The second-order valence-corrected chi connectivity index (χ2v) is 12.2. The SMILES string of the molecule is CC(=O)S[C@@H]1CC2=CC(=O)CC[C@]2(C)[C@@H]2CC[C@@]3(C)[C@H](CC[C@@]34CC[C@H](O)O4)[C@@H]21. The van der Waals surface area contributed by atoms with Gasteiger partial charge in [-0.3, -0.25) is 9.59 Å². The summed E-state index contributed by atoms with van der Waals surface area (Å²) >= 11 is 1.51. The summed E-state index contributed by atoms with van der Waals surface area (Å²) in [4.78, 5) is 24.4. The summed E-state index contributed by atoms with van der Waals surface area (Å²) in [6, 6.07) is 0. The fraction of sp³-hybridized carbons (Fsp3) is 0.833. The zero-order chi connectivity index (χ0) is 20.6. The molecule has 1 aliphatic heterocycles. The summed E-state index contributed by atoms with van der Waals surface area (Å²) in [7, 11) is 0. The topological polar surface area (TPSA) is 63.6 Å². The van der Waals surface area contributed by atoms with Crippen LogP contribution in [0.25, 0.3) is 0 Å². The number of hydrogen-bond acceptors (Lipinski definition) is 5. The van der Waals surface area contributed by atoms with E-state index >= 15 is 0 Å². The van der Waals surface area contributed by atoms with Gasteiger partial charge in [0.1, 0.15) is 0 Å². The largest absolute Gasteiger partial charge is 0.368 e. The van der Waals surface area contributed by atoms with Crippen LogP contribution in [0.4, 0.5) is 0 Å². The number of aliphatic hydroxyl groups is 1. The van der Waals surface area contributed by atoms with Gasteiger partial charge < -0.3 is 9.84 Å². The highest BCUT2D eigenvalue weighted by Gasteiger charge is 2.67. The lowest BCUT2D eigenvalue weighted by atomic mass is 9.46. The van der Waals surface area contributed by atoms with Gasteiger partial charge in [-0.25, -0.2) is 0 Å². The van der Waals surface area contributed by atoms with E-state index in [-0.39, 0.29) is 32.6 Å². The summed E-state index contributed by atoms with van der Waals surface area (Å²) in [6.45, 7) is 6.48. The molecule has 1 spiro atoms. The molecule has 0 amide bonds. The van der Waals surface area contributed by atoms with Gasteiger partial charge in [-0.15, -0.1) is 0 Å². The zero-order valence-electron chi connectivity index (χ0n) is 17.9. The number of ketones is 1. The average Bonchev–Trinajstić information content (AvgIpc) is 3.17. The lowest BCUT2D eigenvalue weighted by Gasteiger charge is -2.61. The van der Waals surface area contributed by atoms with Crippen LogP contribution in [-0.4, -0.2) is 33.1 Å². The maximum Gasteiger partial charge on any atom is 0.186 e. The maximum atomic E-state index is 12.2. The highest BCUT2D eigenvalue weighted by Crippen LogP contribution is 2.70. The third kappa shape index (κ3) is 2.79. The van der Waals surface area contributed by atoms with Crippen LogP contribution in [-0.2, 0) is 14.3 Å². The number of ether oxygens (including phenoxy) is 1. The highest BCUT2D eigenvalue weighted by atomic mass is 32.2. The molecule has 5 aliphatic rings. The third-order valence-corrected chi connectivity index (χ3v) is 10.8. The van der Waals surface area contributed by atoms with Crippen molar-refractivity contribution >= 4 is 22.7 Å². The van der Waals surface area contributed by atoms with Crippen LogP contribution in [0.15, 0.2) is 11.6 Å². The number of allylic oxidation sites excluding steroid dienone is 1. The maximum absolute atomic E-state index is 12.2. The number of hydrogen-bond donors (Lipinski definition) is 1. The number of fused-ring (bicyclic) bond motifs is 6. The first-order valence-electron chi connectivity index (χ1n) is 11.5. The van der Waals surface area contributed by atoms with Gasteiger partial charge in [0, 0.05) is 25.0 Å². The number of carbonyl (C=O) groups is 2. The van der Waals surface area contributed by atoms with Crippen molar-refractivity contribution in [3.63, 3.8) is 0 Å². The summed E-state index contributed by atoms with van der Waals surface area (Å²) in [5.41, 5.74) is 1.29. The smallest absolute Gasteiger partial charge is 0.186 e. The van der Waals surface area contributed by atoms with E-state index in [1.165, 1.54) is 17.3 Å². The van der Waals surface area contributed by atoms with Crippen LogP contribution in [0.2, 0.25) is 0 Å². The molecule has 0 unspecified atom stereocenters. The van der Waals surface area contributed by atoms with Crippen molar-refractivity contribution in [2.75, 3.05) is 0 Å². The van der Waals surface area contributed by atoms with Gasteiger partial charge in [-0.1, -0.05) is 31.2 Å². The molecule has 160 valence electrons. The lowest BCUT2D eigenvalue weighted by Crippen LogP contribution is -2.57. The quantitative estimate of drug-likeness (QED) is 0.672. The molecule has 8 atom stereocenters. The van der Waals surface area contributed by atoms with Crippen LogP contribution in [0.1, 0.15) is 78.6 Å². The Kier molecular flexibility index (Phi) is 4.66. The summed E-state index contributed by atoms with van der Waals surface area (Å²) in [6.07, 6.45) is 9.93. The molecule has 0 bridgehead atoms. The van der Waals surface area contributed by atoms with Crippen molar-refractivity contribution in [2.45, 2.75) is 95.7 Å². The minimum atomic E-state index is -0.617. The van der Waals surface area contributed by atoms with Crippen LogP contribution in [0.5, 0.6) is 0 Å². The van der Waals surface area contributed by atoms with E-state index in [1.807, 2.05) is 6.08 Å². The Balaban J connectivity index is 1.55. The van der Waals surface area contributed by atoms with Gasteiger partial charge in [-0.05, 0) is 79.6 Å². The van der Waals surface area contributed by atoms with E-state index < -0.39 is 6.29 Å². The van der Waals surface area contributed by atoms with Gasteiger partial charge in [0.25, 0.3) is 0 Å². The molecule has 1 saturated heterocycles. The summed E-state index contributed by atoms with van der Waals surface area (Å²) in [5.74, 6) is 1.81. The molecule has 4 fully saturated rings. The van der Waals surface area contributed by atoms with E-state index in [1.54, 1.807) is 6.92 Å². The van der Waals surface area contributed by atoms with Gasteiger partial charge in [0.15, 0.2) is 17.2 Å². The van der Waals surface area contributed by atoms with Crippen molar-refractivity contribution in [1.29, 1.82) is 0 Å². The van der Waals surface area contributed by atoms with Gasteiger partial charge in [-0.2, -0.15) is 0 Å². The molecule has 3 saturated carbocycles. The van der Waals surface area contributed by atoms with E-state index in [0.717, 1.165) is 51.4 Å². The molecule has 0 aromatic carbocycles. The first-order valence-corrected chi connectivity index (χ1v) is 12.3. The summed E-state index contributed by atoms with van der Waals surface area (Å²) < 4.78 is 6.25. The van der Waals surface area contributed by atoms with Gasteiger partial charge in [0.05, 0.1) is 5.60 Å². The minimum Gasteiger partial charge on any atom is -0.368 e. The van der Waals surface area contributed by atoms with E-state index in [2.05, 4.69) is 13.8 Å². The van der Waals surface area contributed by atoms with Gasteiger partial charge >= 0.3 is 0 Å². The second kappa shape index (κ2) is 6.67. The number of carbonyl (C=O) groups excluding carboxylic acids is 2. The number of aliphatic hydroxyl groups excluding tert-OH is 1. The zero-order valence-corrected chi connectivity index (χ0v) is 18.7. The first kappa shape index (κ1) is 20.3. The minimum absolute atomic E-state index is 0.0727. The first-order chi connectivity index (χ1) is 13.7. The molecular formula is C24H34O4S. The molecule has 0 aromatic rings. The molecule has 29 heavy (non-hydrogen) atoms. The standard InChI is InChI=1S/C24H34O4S/c1-14(25)29-19-13-15-12-16(26)4-8-22(15,2)17-5-9-23(3)18(21(17)19)6-10-24(23)11-7-20(27)28-24/h12,17-21,27H,4-11,13H2,1-3H3/t17-,18-,19-,20-,21-,22+,23+,24-/m1/s1. The Labute approximate surface area is 178 Å². The molecular weight excluding hydrogens is 384 g/mol. The Bertz CT molecular complexity index is 777. The highest BCUT2D eigenvalue weighted by molar-refractivity contribution is 8.14. The second-order valence-electron chi connectivity index (χ2n) is 10.8. The predicted molar refractivity (Wildman–Crippen MR) is 113 cm³/mol. The fourth-order valence-corrected chi connectivity index (χ4v) is 9.49. The van der Waals surface area contributed by atoms with E-state index in [0.29, 0.717) is 24.2 Å². The van der Waals surface area contributed by atoms with Crippen LogP contribution in [0.3, 0.4) is 0 Å². The molecule has 0 aromatic heterocycles. The lowest BCUT2D eigenvalue weighted by molar-refractivity contribution is -0.195. The van der Waals surface area contributed by atoms with Crippen LogP contribution in [0, 0.1) is 28.6 Å². The molecule has 4 nitrogen and oxygen atoms in total. The number of thioether (sulfide) groups is 1. The molecule has 5 heteroatoms. The van der Waals surface area contributed by atoms with E-state index in [9.17, 15) is 14.7 Å². The fourth-order valence-electron chi connectivity index (χ4n) is 8.27. The monoisotopic (exact) mass is 418 g/mol. The summed E-state index contributed by atoms with van der Waals surface area (Å²) in [5, 5.41) is 10.6. The third-order valence-electron chi connectivity index (χ3n) is 9.72. The van der Waals surface area contributed by atoms with Gasteiger partial charge in [0.2, 0.25) is 0 Å². The Morgan fingerprint density at radius 3 is 2.55 bits per heavy atom. The Morgan fingerprint density at radius 1 is 1.14 bits per heavy atom. The van der Waals surface area contributed by atoms with E-state index in [4.69, 9.17) is 4.74 Å². The Hall–Kier alpha value is -0.650. The van der Waals surface area contributed by atoms with Crippen molar-refractivity contribution in [3.05, 3.63) is 11.6 Å². The van der Waals surface area contributed by atoms with Crippen molar-refractivity contribution in [3.8, 4) is 0 Å². The van der Waals surface area contributed by atoms with Crippen LogP contribution < -0.4 is 0 Å². The molecule has 4 aliphatic carbocycles. The van der Waals surface area contributed by atoms with Crippen molar-refractivity contribution < 1.29 is 19.4 Å². The molecule has 1 heterocycles.